The Hall–Kier alpha value is -0.450. The summed E-state index contributed by atoms with van der Waals surface area (Å²) in [7, 11) is 1.82. The summed E-state index contributed by atoms with van der Waals surface area (Å²) in [6, 6.07) is 0.0317. The zero-order valence-electron chi connectivity index (χ0n) is 14.1. The van der Waals surface area contributed by atoms with E-state index in [1.807, 2.05) is 7.11 Å². The molecule has 0 saturated heterocycles. The van der Waals surface area contributed by atoms with Gasteiger partial charge < -0.3 is 10.5 Å². The first-order valence-electron chi connectivity index (χ1n) is 8.02. The second-order valence-electron chi connectivity index (χ2n) is 7.66. The first-order chi connectivity index (χ1) is 9.77. The second kappa shape index (κ2) is 6.35. The van der Waals surface area contributed by atoms with E-state index in [0.717, 1.165) is 30.0 Å². The molecular formula is C17H30N2OS. The molecule has 2 rings (SSSR count). The highest BCUT2D eigenvalue weighted by Crippen LogP contribution is 2.38. The number of nitrogens with two attached hydrogens (primary N) is 1. The van der Waals surface area contributed by atoms with Crippen LogP contribution in [0.25, 0.3) is 0 Å². The van der Waals surface area contributed by atoms with E-state index in [2.05, 4.69) is 33.1 Å². The van der Waals surface area contributed by atoms with Crippen LogP contribution in [0.3, 0.4) is 0 Å². The molecule has 120 valence electrons. The van der Waals surface area contributed by atoms with Gasteiger partial charge in [0.15, 0.2) is 0 Å². The maximum absolute atomic E-state index is 6.55. The van der Waals surface area contributed by atoms with Crippen LogP contribution >= 0.6 is 11.3 Å². The maximum Gasteiger partial charge on any atom is 0.0945 e. The van der Waals surface area contributed by atoms with Gasteiger partial charge in [-0.05, 0) is 18.8 Å². The van der Waals surface area contributed by atoms with Crippen LogP contribution in [-0.4, -0.2) is 23.7 Å². The molecule has 0 spiro atoms. The number of rotatable bonds is 4. The van der Waals surface area contributed by atoms with Crippen molar-refractivity contribution in [2.75, 3.05) is 7.11 Å². The molecule has 4 heteroatoms. The smallest absolute Gasteiger partial charge is 0.0945 e. The van der Waals surface area contributed by atoms with Crippen molar-refractivity contribution < 1.29 is 4.74 Å². The Morgan fingerprint density at radius 3 is 2.76 bits per heavy atom. The molecule has 0 aromatic carbocycles. The van der Waals surface area contributed by atoms with Crippen molar-refractivity contribution in [1.29, 1.82) is 0 Å². The van der Waals surface area contributed by atoms with E-state index >= 15 is 0 Å². The molecule has 3 atom stereocenters. The largest absolute Gasteiger partial charge is 0.377 e. The van der Waals surface area contributed by atoms with Crippen molar-refractivity contribution in [1.82, 2.24) is 4.98 Å². The number of aromatic nitrogens is 1. The molecule has 1 aromatic rings. The van der Waals surface area contributed by atoms with Gasteiger partial charge in [-0.25, -0.2) is 4.98 Å². The fourth-order valence-corrected chi connectivity index (χ4v) is 4.42. The van der Waals surface area contributed by atoms with Crippen LogP contribution in [0.2, 0.25) is 0 Å². The molecule has 1 heterocycles. The monoisotopic (exact) mass is 310 g/mol. The highest BCUT2D eigenvalue weighted by molar-refractivity contribution is 7.09. The minimum absolute atomic E-state index is 0.0317. The number of ether oxygens (including phenoxy) is 1. The molecule has 1 aromatic heterocycles. The lowest BCUT2D eigenvalue weighted by Gasteiger charge is -2.43. The van der Waals surface area contributed by atoms with Crippen LogP contribution < -0.4 is 5.73 Å². The first kappa shape index (κ1) is 16.9. The Morgan fingerprint density at radius 1 is 1.52 bits per heavy atom. The molecule has 1 aliphatic rings. The molecule has 0 radical (unpaired) electrons. The first-order valence-corrected chi connectivity index (χ1v) is 8.90. The van der Waals surface area contributed by atoms with Crippen molar-refractivity contribution in [3.05, 3.63) is 16.1 Å². The fourth-order valence-electron chi connectivity index (χ4n) is 3.34. The normalized spacial score (nSPS) is 28.6. The van der Waals surface area contributed by atoms with Gasteiger partial charge in [0.25, 0.3) is 0 Å². The molecule has 3 unspecified atom stereocenters. The van der Waals surface area contributed by atoms with Gasteiger partial charge in [0.05, 0.1) is 16.3 Å². The lowest BCUT2D eigenvalue weighted by Crippen LogP contribution is -2.53. The van der Waals surface area contributed by atoms with Gasteiger partial charge in [0.1, 0.15) is 0 Å². The van der Waals surface area contributed by atoms with E-state index in [0.29, 0.717) is 5.92 Å². The van der Waals surface area contributed by atoms with Crippen LogP contribution in [0.15, 0.2) is 5.38 Å². The standard InChI is InChI=1S/C17H30N2OS/c1-12-7-6-8-17(10-12,20-5)13(18)9-15-19-14(11-21-15)16(2,3)4/h11-13H,6-10,18H2,1-5H3. The molecule has 0 bridgehead atoms. The van der Waals surface area contributed by atoms with Gasteiger partial charge in [-0.3, -0.25) is 0 Å². The number of thiazole rings is 1. The van der Waals surface area contributed by atoms with E-state index in [-0.39, 0.29) is 17.1 Å². The Bertz CT molecular complexity index is 466. The Morgan fingerprint density at radius 2 is 2.24 bits per heavy atom. The summed E-state index contributed by atoms with van der Waals surface area (Å²) in [4.78, 5) is 4.78. The van der Waals surface area contributed by atoms with Crippen molar-refractivity contribution >= 4 is 11.3 Å². The molecule has 1 aliphatic carbocycles. The van der Waals surface area contributed by atoms with Crippen molar-refractivity contribution in [2.45, 2.75) is 76.9 Å². The lowest BCUT2D eigenvalue weighted by molar-refractivity contribution is -0.0705. The third-order valence-electron chi connectivity index (χ3n) is 4.79. The quantitative estimate of drug-likeness (QED) is 0.917. The average molecular weight is 311 g/mol. The molecule has 1 saturated carbocycles. The third kappa shape index (κ3) is 3.85. The summed E-state index contributed by atoms with van der Waals surface area (Å²) in [6.07, 6.45) is 5.48. The number of nitrogens with zero attached hydrogens (tertiary/aromatic N) is 1. The summed E-state index contributed by atoms with van der Waals surface area (Å²) in [5.41, 5.74) is 7.66. The Kier molecular flexibility index (Phi) is 5.11. The SMILES string of the molecule is COC1(C(N)Cc2nc(C(C)(C)C)cs2)CCCC(C)C1. The summed E-state index contributed by atoms with van der Waals surface area (Å²) < 4.78 is 5.91. The van der Waals surface area contributed by atoms with E-state index in [9.17, 15) is 0 Å². The van der Waals surface area contributed by atoms with Crippen molar-refractivity contribution in [3.63, 3.8) is 0 Å². The van der Waals surface area contributed by atoms with Crippen molar-refractivity contribution in [3.8, 4) is 0 Å². The van der Waals surface area contributed by atoms with E-state index in [1.165, 1.54) is 12.8 Å². The van der Waals surface area contributed by atoms with Gasteiger partial charge in [-0.15, -0.1) is 11.3 Å². The Balaban J connectivity index is 2.09. The fraction of sp³-hybridized carbons (Fsp3) is 0.824. The Labute approximate surface area is 133 Å². The number of hydrogen-bond acceptors (Lipinski definition) is 4. The summed E-state index contributed by atoms with van der Waals surface area (Å²) in [5.74, 6) is 0.700. The second-order valence-corrected chi connectivity index (χ2v) is 8.60. The minimum atomic E-state index is -0.161. The number of hydrogen-bond donors (Lipinski definition) is 1. The van der Waals surface area contributed by atoms with E-state index < -0.39 is 0 Å². The summed E-state index contributed by atoms with van der Waals surface area (Å²) in [5, 5.41) is 3.31. The lowest BCUT2D eigenvalue weighted by atomic mass is 9.74. The number of methoxy groups -OCH3 is 1. The third-order valence-corrected chi connectivity index (χ3v) is 5.66. The summed E-state index contributed by atoms with van der Waals surface area (Å²) >= 11 is 1.73. The van der Waals surface area contributed by atoms with E-state index in [4.69, 9.17) is 15.5 Å². The topological polar surface area (TPSA) is 48.1 Å². The molecule has 21 heavy (non-hydrogen) atoms. The van der Waals surface area contributed by atoms with Gasteiger partial charge >= 0.3 is 0 Å². The molecule has 2 N–H and O–H groups in total. The average Bonchev–Trinajstić information content (AvgIpc) is 2.87. The van der Waals surface area contributed by atoms with Crippen molar-refractivity contribution in [2.24, 2.45) is 11.7 Å². The predicted octanol–water partition coefficient (Wildman–Crippen LogP) is 3.91. The highest BCUT2D eigenvalue weighted by Gasteiger charge is 2.40. The highest BCUT2D eigenvalue weighted by atomic mass is 32.1. The molecule has 3 nitrogen and oxygen atoms in total. The van der Waals surface area contributed by atoms with Gasteiger partial charge in [-0.2, -0.15) is 0 Å². The van der Waals surface area contributed by atoms with Gasteiger partial charge in [0.2, 0.25) is 0 Å². The zero-order chi connectivity index (χ0) is 15.7. The summed E-state index contributed by atoms with van der Waals surface area (Å²) in [6.45, 7) is 8.91. The molecule has 1 fully saturated rings. The molecular weight excluding hydrogens is 280 g/mol. The predicted molar refractivity (Wildman–Crippen MR) is 89.9 cm³/mol. The van der Waals surface area contributed by atoms with Crippen LogP contribution in [0.1, 0.15) is 64.1 Å². The van der Waals surface area contributed by atoms with Crippen LogP contribution in [0.4, 0.5) is 0 Å². The van der Waals surface area contributed by atoms with Gasteiger partial charge in [-0.1, -0.05) is 40.5 Å². The van der Waals surface area contributed by atoms with Crippen LogP contribution in [-0.2, 0) is 16.6 Å². The van der Waals surface area contributed by atoms with E-state index in [1.54, 1.807) is 11.3 Å². The molecule has 0 amide bonds. The molecule has 0 aliphatic heterocycles. The minimum Gasteiger partial charge on any atom is -0.377 e. The van der Waals surface area contributed by atoms with Gasteiger partial charge in [0, 0.05) is 30.4 Å². The van der Waals surface area contributed by atoms with Crippen LogP contribution in [0.5, 0.6) is 0 Å². The van der Waals surface area contributed by atoms with Crippen LogP contribution in [0, 0.1) is 5.92 Å². The zero-order valence-corrected chi connectivity index (χ0v) is 14.9. The maximum atomic E-state index is 6.55.